The van der Waals surface area contributed by atoms with E-state index in [1.807, 2.05) is 0 Å². The average Bonchev–Trinajstić information content (AvgIpc) is 2.77. The maximum atomic E-state index is 4.46. The van der Waals surface area contributed by atoms with Crippen LogP contribution in [0.3, 0.4) is 0 Å². The Kier molecular flexibility index (Phi) is 3.66. The maximum absolute atomic E-state index is 4.46. The van der Waals surface area contributed by atoms with Crippen LogP contribution >= 0.6 is 0 Å². The SMILES string of the molecule is CC1CCCC(C)C1NC1CCCc2c1cnn2C. The molecule has 0 radical (unpaired) electrons. The molecule has 3 heteroatoms. The number of aryl methyl sites for hydroxylation is 1. The molecule has 1 fully saturated rings. The van der Waals surface area contributed by atoms with Crippen molar-refractivity contribution in [1.82, 2.24) is 15.1 Å². The highest BCUT2D eigenvalue weighted by molar-refractivity contribution is 5.25. The van der Waals surface area contributed by atoms with Crippen LogP contribution in [-0.4, -0.2) is 15.8 Å². The number of fused-ring (bicyclic) bond motifs is 1. The second kappa shape index (κ2) is 5.28. The molecule has 0 amide bonds. The highest BCUT2D eigenvalue weighted by Crippen LogP contribution is 2.34. The van der Waals surface area contributed by atoms with Crippen LogP contribution in [0.2, 0.25) is 0 Å². The summed E-state index contributed by atoms with van der Waals surface area (Å²) in [5, 5.41) is 8.43. The van der Waals surface area contributed by atoms with Crippen molar-refractivity contribution >= 4 is 0 Å². The molecule has 1 N–H and O–H groups in total. The van der Waals surface area contributed by atoms with E-state index in [0.717, 1.165) is 11.8 Å². The molecule has 2 aliphatic carbocycles. The van der Waals surface area contributed by atoms with Crippen LogP contribution in [0.4, 0.5) is 0 Å². The van der Waals surface area contributed by atoms with Crippen molar-refractivity contribution in [1.29, 1.82) is 0 Å². The van der Waals surface area contributed by atoms with E-state index in [1.54, 1.807) is 0 Å². The summed E-state index contributed by atoms with van der Waals surface area (Å²) in [6, 6.07) is 1.22. The second-order valence-corrected chi connectivity index (χ2v) is 6.69. The fraction of sp³-hybridized carbons (Fsp3) is 0.812. The second-order valence-electron chi connectivity index (χ2n) is 6.69. The van der Waals surface area contributed by atoms with Gasteiger partial charge >= 0.3 is 0 Å². The van der Waals surface area contributed by atoms with Gasteiger partial charge in [-0.15, -0.1) is 0 Å². The van der Waals surface area contributed by atoms with Gasteiger partial charge < -0.3 is 5.32 Å². The van der Waals surface area contributed by atoms with Gasteiger partial charge in [0, 0.05) is 30.4 Å². The standard InChI is InChI=1S/C16H27N3/c1-11-6-4-7-12(2)16(11)18-14-8-5-9-15-13(14)10-17-19(15)3/h10-12,14,16,18H,4-9H2,1-3H3. The third-order valence-electron chi connectivity index (χ3n) is 5.31. The first-order valence-electron chi connectivity index (χ1n) is 7.93. The lowest BCUT2D eigenvalue weighted by Crippen LogP contribution is -2.45. The summed E-state index contributed by atoms with van der Waals surface area (Å²) in [5.41, 5.74) is 2.90. The molecule has 0 aromatic carbocycles. The molecule has 1 saturated carbocycles. The van der Waals surface area contributed by atoms with Gasteiger partial charge in [-0.3, -0.25) is 4.68 Å². The fourth-order valence-corrected chi connectivity index (χ4v) is 4.12. The molecule has 0 spiro atoms. The summed E-state index contributed by atoms with van der Waals surface area (Å²) in [5.74, 6) is 1.62. The number of rotatable bonds is 2. The van der Waals surface area contributed by atoms with Gasteiger partial charge in [-0.1, -0.05) is 20.3 Å². The summed E-state index contributed by atoms with van der Waals surface area (Å²) in [4.78, 5) is 0. The number of nitrogens with one attached hydrogen (secondary N) is 1. The number of hydrogen-bond acceptors (Lipinski definition) is 2. The topological polar surface area (TPSA) is 29.9 Å². The molecule has 3 atom stereocenters. The minimum absolute atomic E-state index is 0.533. The van der Waals surface area contributed by atoms with E-state index in [1.165, 1.54) is 49.8 Å². The Hall–Kier alpha value is -0.830. The van der Waals surface area contributed by atoms with E-state index in [9.17, 15) is 0 Å². The monoisotopic (exact) mass is 261 g/mol. The molecule has 0 bridgehead atoms. The molecule has 1 aromatic heterocycles. The first-order valence-corrected chi connectivity index (χ1v) is 7.93. The number of aromatic nitrogens is 2. The van der Waals surface area contributed by atoms with Crippen LogP contribution < -0.4 is 5.32 Å². The fourth-order valence-electron chi connectivity index (χ4n) is 4.12. The minimum atomic E-state index is 0.533. The molecule has 0 aliphatic heterocycles. The third kappa shape index (κ3) is 2.45. The summed E-state index contributed by atoms with van der Waals surface area (Å²) < 4.78 is 2.07. The molecule has 3 nitrogen and oxygen atoms in total. The van der Waals surface area contributed by atoms with Crippen molar-refractivity contribution in [3.05, 3.63) is 17.5 Å². The van der Waals surface area contributed by atoms with Crippen LogP contribution in [-0.2, 0) is 13.5 Å². The van der Waals surface area contributed by atoms with E-state index in [-0.39, 0.29) is 0 Å². The first-order chi connectivity index (χ1) is 9.16. The van der Waals surface area contributed by atoms with Crippen molar-refractivity contribution in [2.75, 3.05) is 0 Å². The highest BCUT2D eigenvalue weighted by Gasteiger charge is 2.32. The van der Waals surface area contributed by atoms with Crippen molar-refractivity contribution in [2.24, 2.45) is 18.9 Å². The van der Waals surface area contributed by atoms with Gasteiger partial charge in [-0.25, -0.2) is 0 Å². The molecule has 106 valence electrons. The Bertz CT molecular complexity index is 427. The first kappa shape index (κ1) is 13.2. The third-order valence-corrected chi connectivity index (χ3v) is 5.31. The molecule has 3 rings (SSSR count). The summed E-state index contributed by atoms with van der Waals surface area (Å²) in [7, 11) is 2.08. The maximum Gasteiger partial charge on any atom is 0.0540 e. The van der Waals surface area contributed by atoms with Gasteiger partial charge in [-0.2, -0.15) is 5.10 Å². The zero-order chi connectivity index (χ0) is 13.4. The largest absolute Gasteiger partial charge is 0.307 e. The van der Waals surface area contributed by atoms with E-state index in [2.05, 4.69) is 42.2 Å². The normalized spacial score (nSPS) is 35.1. The zero-order valence-corrected chi connectivity index (χ0v) is 12.5. The Labute approximate surface area is 116 Å². The Morgan fingerprint density at radius 1 is 1.16 bits per heavy atom. The van der Waals surface area contributed by atoms with Gasteiger partial charge in [-0.05, 0) is 43.9 Å². The number of hydrogen-bond donors (Lipinski definition) is 1. The highest BCUT2D eigenvalue weighted by atomic mass is 15.3. The zero-order valence-electron chi connectivity index (χ0n) is 12.5. The van der Waals surface area contributed by atoms with E-state index >= 15 is 0 Å². The lowest BCUT2D eigenvalue weighted by Gasteiger charge is -2.39. The minimum Gasteiger partial charge on any atom is -0.307 e. The van der Waals surface area contributed by atoms with Crippen LogP contribution in [0.15, 0.2) is 6.20 Å². The van der Waals surface area contributed by atoms with Gasteiger partial charge in [0.1, 0.15) is 0 Å². The van der Waals surface area contributed by atoms with Crippen molar-refractivity contribution in [2.45, 2.75) is 64.5 Å². The van der Waals surface area contributed by atoms with Gasteiger partial charge in [0.15, 0.2) is 0 Å². The molecule has 1 heterocycles. The molecule has 2 aliphatic rings. The van der Waals surface area contributed by atoms with Crippen LogP contribution in [0.5, 0.6) is 0 Å². The predicted octanol–water partition coefficient (Wildman–Crippen LogP) is 3.21. The molecule has 3 unspecified atom stereocenters. The van der Waals surface area contributed by atoms with Crippen LogP contribution in [0.25, 0.3) is 0 Å². The lowest BCUT2D eigenvalue weighted by molar-refractivity contribution is 0.187. The van der Waals surface area contributed by atoms with Crippen molar-refractivity contribution in [3.63, 3.8) is 0 Å². The molecular weight excluding hydrogens is 234 g/mol. The van der Waals surface area contributed by atoms with Gasteiger partial charge in [0.25, 0.3) is 0 Å². The quantitative estimate of drug-likeness (QED) is 0.886. The van der Waals surface area contributed by atoms with Gasteiger partial charge in [0.2, 0.25) is 0 Å². The van der Waals surface area contributed by atoms with Crippen molar-refractivity contribution < 1.29 is 0 Å². The Morgan fingerprint density at radius 3 is 2.63 bits per heavy atom. The van der Waals surface area contributed by atoms with Crippen LogP contribution in [0.1, 0.15) is 63.3 Å². The molecular formula is C16H27N3. The summed E-state index contributed by atoms with van der Waals surface area (Å²) in [6.07, 6.45) is 10.0. The Balaban J connectivity index is 1.76. The van der Waals surface area contributed by atoms with Gasteiger partial charge in [0.05, 0.1) is 6.20 Å². The van der Waals surface area contributed by atoms with E-state index < -0.39 is 0 Å². The van der Waals surface area contributed by atoms with Crippen molar-refractivity contribution in [3.8, 4) is 0 Å². The van der Waals surface area contributed by atoms with E-state index in [0.29, 0.717) is 12.1 Å². The van der Waals surface area contributed by atoms with Crippen LogP contribution in [0, 0.1) is 11.8 Å². The lowest BCUT2D eigenvalue weighted by atomic mass is 9.77. The molecule has 1 aromatic rings. The molecule has 0 saturated heterocycles. The summed E-state index contributed by atoms with van der Waals surface area (Å²) in [6.45, 7) is 4.83. The average molecular weight is 261 g/mol. The number of nitrogens with zero attached hydrogens (tertiary/aromatic N) is 2. The predicted molar refractivity (Wildman–Crippen MR) is 78.0 cm³/mol. The smallest absolute Gasteiger partial charge is 0.0540 e. The van der Waals surface area contributed by atoms with E-state index in [4.69, 9.17) is 0 Å². The molecule has 19 heavy (non-hydrogen) atoms. The summed E-state index contributed by atoms with van der Waals surface area (Å²) >= 11 is 0. The Morgan fingerprint density at radius 2 is 1.89 bits per heavy atom.